The molecule has 0 saturated carbocycles. The first kappa shape index (κ1) is 18.1. The van der Waals surface area contributed by atoms with Crippen molar-refractivity contribution in [2.24, 2.45) is 5.73 Å². The molecule has 132 valence electrons. The van der Waals surface area contributed by atoms with Gasteiger partial charge in [0.1, 0.15) is 22.6 Å². The molecule has 0 bridgehead atoms. The molecular weight excluding hydrogens is 411 g/mol. The third-order valence-electron chi connectivity index (χ3n) is 3.86. The fraction of sp³-hybridized carbons (Fsp3) is 0.294. The van der Waals surface area contributed by atoms with Gasteiger partial charge in [0.05, 0.1) is 10.2 Å². The van der Waals surface area contributed by atoms with Crippen LogP contribution in [0.5, 0.6) is 0 Å². The van der Waals surface area contributed by atoms with E-state index in [0.717, 1.165) is 5.56 Å². The molecule has 0 radical (unpaired) electrons. The Morgan fingerprint density at radius 2 is 2.12 bits per heavy atom. The van der Waals surface area contributed by atoms with Gasteiger partial charge < -0.3 is 15.5 Å². The van der Waals surface area contributed by atoms with Gasteiger partial charge in [-0.05, 0) is 40.5 Å². The standard InChI is InChI=1S/C17H17BrClFN4O/c1-9(20)11(21)6-13-15(18)16-17(25-13)12(7-14(19)24-16)23-8-10-2-4-22-5-3-10/h2-5,7,9,11H,6,8,21H2,1H3,(H,23,24)/t9-,11+/m0/s1. The Bertz CT molecular complexity index is 872. The van der Waals surface area contributed by atoms with E-state index >= 15 is 0 Å². The second-order valence-corrected chi connectivity index (χ2v) is 6.94. The third-order valence-corrected chi connectivity index (χ3v) is 4.87. The van der Waals surface area contributed by atoms with Gasteiger partial charge in [0.2, 0.25) is 0 Å². The van der Waals surface area contributed by atoms with Crippen molar-refractivity contribution in [2.45, 2.75) is 32.1 Å². The summed E-state index contributed by atoms with van der Waals surface area (Å²) in [5.41, 5.74) is 8.73. The summed E-state index contributed by atoms with van der Waals surface area (Å²) in [6, 6.07) is 4.87. The van der Waals surface area contributed by atoms with Crippen molar-refractivity contribution in [1.82, 2.24) is 9.97 Å². The van der Waals surface area contributed by atoms with E-state index in [2.05, 4.69) is 31.2 Å². The highest BCUT2D eigenvalue weighted by molar-refractivity contribution is 9.10. The Kier molecular flexibility index (Phi) is 5.56. The summed E-state index contributed by atoms with van der Waals surface area (Å²) in [5, 5.41) is 3.62. The van der Waals surface area contributed by atoms with Crippen molar-refractivity contribution < 1.29 is 8.81 Å². The number of nitrogens with two attached hydrogens (primary N) is 1. The van der Waals surface area contributed by atoms with Crippen molar-refractivity contribution in [3.63, 3.8) is 0 Å². The molecule has 0 spiro atoms. The van der Waals surface area contributed by atoms with E-state index in [9.17, 15) is 4.39 Å². The minimum atomic E-state index is -1.14. The molecule has 0 unspecified atom stereocenters. The zero-order valence-electron chi connectivity index (χ0n) is 13.5. The summed E-state index contributed by atoms with van der Waals surface area (Å²) < 4.78 is 19.9. The number of nitrogens with zero attached hydrogens (tertiary/aromatic N) is 2. The minimum Gasteiger partial charge on any atom is -0.456 e. The number of rotatable bonds is 6. The third kappa shape index (κ3) is 4.11. The van der Waals surface area contributed by atoms with Gasteiger partial charge in [-0.15, -0.1) is 0 Å². The average Bonchev–Trinajstić information content (AvgIpc) is 2.90. The van der Waals surface area contributed by atoms with Crippen LogP contribution in [0, 0.1) is 0 Å². The smallest absolute Gasteiger partial charge is 0.177 e. The van der Waals surface area contributed by atoms with E-state index in [1.54, 1.807) is 18.5 Å². The maximum atomic E-state index is 13.4. The van der Waals surface area contributed by atoms with Gasteiger partial charge in [-0.1, -0.05) is 11.6 Å². The molecule has 0 aliphatic carbocycles. The topological polar surface area (TPSA) is 77.0 Å². The number of anilines is 1. The van der Waals surface area contributed by atoms with Crippen molar-refractivity contribution in [2.75, 3.05) is 5.32 Å². The Morgan fingerprint density at radius 1 is 1.40 bits per heavy atom. The van der Waals surface area contributed by atoms with Crippen molar-refractivity contribution in [3.05, 3.63) is 51.5 Å². The highest BCUT2D eigenvalue weighted by Gasteiger charge is 2.21. The van der Waals surface area contributed by atoms with Crippen LogP contribution in [0.1, 0.15) is 18.2 Å². The Hall–Kier alpha value is -1.70. The van der Waals surface area contributed by atoms with Crippen LogP contribution < -0.4 is 11.1 Å². The molecule has 0 aromatic carbocycles. The van der Waals surface area contributed by atoms with Crippen LogP contribution in [0.15, 0.2) is 39.5 Å². The van der Waals surface area contributed by atoms with E-state index in [4.69, 9.17) is 21.8 Å². The minimum absolute atomic E-state index is 0.260. The number of hydrogen-bond donors (Lipinski definition) is 2. The van der Waals surface area contributed by atoms with Crippen LogP contribution >= 0.6 is 27.5 Å². The highest BCUT2D eigenvalue weighted by Crippen LogP contribution is 2.36. The maximum absolute atomic E-state index is 13.4. The van der Waals surface area contributed by atoms with Crippen molar-refractivity contribution in [3.8, 4) is 0 Å². The summed E-state index contributed by atoms with van der Waals surface area (Å²) in [4.78, 5) is 8.30. The lowest BCUT2D eigenvalue weighted by molar-refractivity contribution is 0.295. The summed E-state index contributed by atoms with van der Waals surface area (Å²) in [6.45, 7) is 2.00. The SMILES string of the molecule is C[C@H](F)[C@H](N)Cc1oc2c(NCc3ccncc3)cc(Cl)nc2c1Br. The number of pyridine rings is 2. The number of fused-ring (bicyclic) bond motifs is 1. The lowest BCUT2D eigenvalue weighted by Crippen LogP contribution is -2.31. The molecule has 0 saturated heterocycles. The van der Waals surface area contributed by atoms with Crippen LogP contribution in [0.2, 0.25) is 5.15 Å². The largest absolute Gasteiger partial charge is 0.456 e. The van der Waals surface area contributed by atoms with Gasteiger partial charge in [0, 0.05) is 37.5 Å². The van der Waals surface area contributed by atoms with Gasteiger partial charge in [0.25, 0.3) is 0 Å². The number of halogens is 3. The van der Waals surface area contributed by atoms with E-state index < -0.39 is 12.2 Å². The van der Waals surface area contributed by atoms with Crippen molar-refractivity contribution in [1.29, 1.82) is 0 Å². The van der Waals surface area contributed by atoms with Gasteiger partial charge in [-0.3, -0.25) is 4.98 Å². The second kappa shape index (κ2) is 7.68. The lowest BCUT2D eigenvalue weighted by atomic mass is 10.1. The normalized spacial score (nSPS) is 13.8. The molecule has 3 rings (SSSR count). The summed E-state index contributed by atoms with van der Waals surface area (Å²) in [6.07, 6.45) is 2.58. The predicted molar refractivity (Wildman–Crippen MR) is 101 cm³/mol. The summed E-state index contributed by atoms with van der Waals surface area (Å²) in [7, 11) is 0. The monoisotopic (exact) mass is 426 g/mol. The first-order valence-corrected chi connectivity index (χ1v) is 8.92. The predicted octanol–water partition coefficient (Wildman–Crippen LogP) is 4.48. The average molecular weight is 428 g/mol. The Balaban J connectivity index is 1.92. The summed E-state index contributed by atoms with van der Waals surface area (Å²) in [5.74, 6) is 0.550. The molecule has 0 amide bonds. The quantitative estimate of drug-likeness (QED) is 0.567. The van der Waals surface area contributed by atoms with Gasteiger partial charge in [-0.2, -0.15) is 0 Å². The molecular formula is C17H17BrClFN4O. The van der Waals surface area contributed by atoms with Gasteiger partial charge >= 0.3 is 0 Å². The first-order valence-electron chi connectivity index (χ1n) is 7.75. The molecule has 3 heterocycles. The molecule has 8 heteroatoms. The van der Waals surface area contributed by atoms with Crippen LogP contribution in [0.4, 0.5) is 10.1 Å². The fourth-order valence-electron chi connectivity index (χ4n) is 2.39. The molecule has 0 aliphatic heterocycles. The van der Waals surface area contributed by atoms with E-state index in [1.165, 1.54) is 6.92 Å². The number of alkyl halides is 1. The number of aromatic nitrogens is 2. The molecule has 2 atom stereocenters. The zero-order chi connectivity index (χ0) is 18.0. The molecule has 5 nitrogen and oxygen atoms in total. The van der Waals surface area contributed by atoms with E-state index in [0.29, 0.717) is 38.7 Å². The van der Waals surface area contributed by atoms with Gasteiger partial charge in [-0.25, -0.2) is 9.37 Å². The Labute approximate surface area is 157 Å². The molecule has 3 aromatic rings. The lowest BCUT2D eigenvalue weighted by Gasteiger charge is -2.10. The molecule has 25 heavy (non-hydrogen) atoms. The number of hydrogen-bond acceptors (Lipinski definition) is 5. The highest BCUT2D eigenvalue weighted by atomic mass is 79.9. The number of furan rings is 1. The fourth-order valence-corrected chi connectivity index (χ4v) is 3.10. The van der Waals surface area contributed by atoms with Crippen LogP contribution in [0.3, 0.4) is 0 Å². The first-order chi connectivity index (χ1) is 12.0. The van der Waals surface area contributed by atoms with Gasteiger partial charge in [0.15, 0.2) is 5.58 Å². The molecule has 3 aromatic heterocycles. The molecule has 0 aliphatic rings. The van der Waals surface area contributed by atoms with E-state index in [-0.39, 0.29) is 6.42 Å². The zero-order valence-corrected chi connectivity index (χ0v) is 15.8. The van der Waals surface area contributed by atoms with Crippen molar-refractivity contribution >= 4 is 44.3 Å². The van der Waals surface area contributed by atoms with Crippen LogP contribution in [-0.4, -0.2) is 22.2 Å². The number of nitrogens with one attached hydrogen (secondary N) is 1. The maximum Gasteiger partial charge on any atom is 0.177 e. The van der Waals surface area contributed by atoms with Crippen LogP contribution in [0.25, 0.3) is 11.1 Å². The van der Waals surface area contributed by atoms with Crippen LogP contribution in [-0.2, 0) is 13.0 Å². The summed E-state index contributed by atoms with van der Waals surface area (Å²) >= 11 is 9.60. The Morgan fingerprint density at radius 3 is 2.80 bits per heavy atom. The second-order valence-electron chi connectivity index (χ2n) is 5.76. The molecule has 0 fully saturated rings. The molecule has 3 N–H and O–H groups in total. The van der Waals surface area contributed by atoms with E-state index in [1.807, 2.05) is 12.1 Å².